The number of amides is 1. The first kappa shape index (κ1) is 12.2. The van der Waals surface area contributed by atoms with Gasteiger partial charge in [0.1, 0.15) is 0 Å². The molecule has 0 spiro atoms. The van der Waals surface area contributed by atoms with Gasteiger partial charge in [-0.1, -0.05) is 13.8 Å². The molecular weight excluding hydrogens is 192 g/mol. The van der Waals surface area contributed by atoms with Gasteiger partial charge in [-0.2, -0.15) is 0 Å². The van der Waals surface area contributed by atoms with Gasteiger partial charge in [0.2, 0.25) is 5.91 Å². The van der Waals surface area contributed by atoms with Crippen LogP contribution in [0.3, 0.4) is 0 Å². The van der Waals surface area contributed by atoms with Gasteiger partial charge in [0.05, 0.1) is 12.1 Å². The zero-order chi connectivity index (χ0) is 11.6. The van der Waals surface area contributed by atoms with E-state index >= 15 is 0 Å². The van der Waals surface area contributed by atoms with E-state index in [0.29, 0.717) is 18.9 Å². The van der Waals surface area contributed by atoms with E-state index in [1.165, 1.54) is 0 Å². The van der Waals surface area contributed by atoms with Crippen molar-refractivity contribution in [2.75, 3.05) is 6.54 Å². The van der Waals surface area contributed by atoms with Crippen LogP contribution in [0.5, 0.6) is 0 Å². The minimum absolute atomic E-state index is 0.0613. The molecule has 0 aromatic heterocycles. The largest absolute Gasteiger partial charge is 0.331 e. The van der Waals surface area contributed by atoms with Gasteiger partial charge in [-0.3, -0.25) is 9.59 Å². The highest BCUT2D eigenvalue weighted by atomic mass is 16.2. The van der Waals surface area contributed by atoms with E-state index in [9.17, 15) is 9.59 Å². The average Bonchev–Trinajstić information content (AvgIpc) is 2.44. The number of carbonyl (C=O) groups excluding carboxylic acids is 2. The molecule has 0 saturated carbocycles. The summed E-state index contributed by atoms with van der Waals surface area (Å²) in [4.78, 5) is 24.8. The Balaban J connectivity index is 2.72. The maximum atomic E-state index is 11.7. The van der Waals surface area contributed by atoms with Crippen LogP contribution in [0.1, 0.15) is 33.6 Å². The van der Waals surface area contributed by atoms with Crippen LogP contribution in [0.2, 0.25) is 0 Å². The van der Waals surface area contributed by atoms with Crippen LogP contribution in [0.15, 0.2) is 0 Å². The number of Topliss-reactive ketones (excluding diaryl/α,β-unsaturated/α-hetero) is 1. The maximum absolute atomic E-state index is 11.7. The highest BCUT2D eigenvalue weighted by Gasteiger charge is 2.35. The molecule has 0 unspecified atom stereocenters. The Labute approximate surface area is 90.8 Å². The van der Waals surface area contributed by atoms with Gasteiger partial charge in [-0.15, -0.1) is 0 Å². The number of ketones is 1. The first-order valence-electron chi connectivity index (χ1n) is 5.50. The van der Waals surface area contributed by atoms with Crippen LogP contribution in [-0.4, -0.2) is 35.2 Å². The standard InChI is InChI=1S/C11H20N2O2/c1-7(2)6-10(8(3)14)13-5-4-9(12)11(13)15/h7,9-10H,4-6,12H2,1-3H3/t9-,10+/m1/s1. The summed E-state index contributed by atoms with van der Waals surface area (Å²) in [6.45, 7) is 6.27. The lowest BCUT2D eigenvalue weighted by Crippen LogP contribution is -2.44. The number of likely N-dealkylation sites (tertiary alicyclic amines) is 1. The number of nitrogens with two attached hydrogens (primary N) is 1. The fourth-order valence-electron chi connectivity index (χ4n) is 1.99. The summed E-state index contributed by atoms with van der Waals surface area (Å²) in [6.07, 6.45) is 1.40. The van der Waals surface area contributed by atoms with Gasteiger partial charge in [0, 0.05) is 6.54 Å². The van der Waals surface area contributed by atoms with Crippen LogP contribution >= 0.6 is 0 Å². The molecule has 0 aliphatic carbocycles. The number of nitrogens with zero attached hydrogens (tertiary/aromatic N) is 1. The molecule has 1 aliphatic heterocycles. The van der Waals surface area contributed by atoms with Crippen molar-refractivity contribution < 1.29 is 9.59 Å². The molecule has 15 heavy (non-hydrogen) atoms. The molecule has 0 aromatic rings. The predicted molar refractivity (Wildman–Crippen MR) is 58.2 cm³/mol. The van der Waals surface area contributed by atoms with Crippen molar-refractivity contribution in [3.8, 4) is 0 Å². The molecule has 1 saturated heterocycles. The Morgan fingerprint density at radius 2 is 2.20 bits per heavy atom. The molecule has 4 nitrogen and oxygen atoms in total. The topological polar surface area (TPSA) is 63.4 Å². The second-order valence-electron chi connectivity index (χ2n) is 4.68. The van der Waals surface area contributed by atoms with E-state index in [2.05, 4.69) is 13.8 Å². The van der Waals surface area contributed by atoms with Crippen LogP contribution in [0.4, 0.5) is 0 Å². The van der Waals surface area contributed by atoms with Crippen molar-refractivity contribution in [1.29, 1.82) is 0 Å². The first-order valence-corrected chi connectivity index (χ1v) is 5.50. The molecule has 4 heteroatoms. The van der Waals surface area contributed by atoms with Crippen molar-refractivity contribution >= 4 is 11.7 Å². The Bertz CT molecular complexity index is 263. The molecule has 1 fully saturated rings. The Morgan fingerprint density at radius 3 is 2.53 bits per heavy atom. The first-order chi connectivity index (χ1) is 6.93. The molecule has 0 aromatic carbocycles. The smallest absolute Gasteiger partial charge is 0.240 e. The fraction of sp³-hybridized carbons (Fsp3) is 0.818. The molecule has 86 valence electrons. The Hall–Kier alpha value is -0.900. The third kappa shape index (κ3) is 2.78. The number of rotatable bonds is 4. The summed E-state index contributed by atoms with van der Waals surface area (Å²) in [5, 5.41) is 0. The quantitative estimate of drug-likeness (QED) is 0.740. The summed E-state index contributed by atoms with van der Waals surface area (Å²) in [6, 6.07) is -0.676. The second kappa shape index (κ2) is 4.75. The Kier molecular flexibility index (Phi) is 3.85. The molecule has 0 radical (unpaired) electrons. The van der Waals surface area contributed by atoms with Crippen molar-refractivity contribution in [3.05, 3.63) is 0 Å². The third-order valence-corrected chi connectivity index (χ3v) is 2.82. The van der Waals surface area contributed by atoms with Crippen LogP contribution in [-0.2, 0) is 9.59 Å². The predicted octanol–water partition coefficient (Wildman–Crippen LogP) is 0.550. The van der Waals surface area contributed by atoms with Crippen molar-refractivity contribution in [3.63, 3.8) is 0 Å². The minimum atomic E-state index is -0.404. The molecule has 1 amide bonds. The highest BCUT2D eigenvalue weighted by Crippen LogP contribution is 2.19. The van der Waals surface area contributed by atoms with Gasteiger partial charge in [0.25, 0.3) is 0 Å². The molecular formula is C11H20N2O2. The molecule has 2 N–H and O–H groups in total. The number of hydrogen-bond acceptors (Lipinski definition) is 3. The lowest BCUT2D eigenvalue weighted by atomic mass is 10.00. The minimum Gasteiger partial charge on any atom is -0.331 e. The van der Waals surface area contributed by atoms with E-state index in [1.807, 2.05) is 0 Å². The van der Waals surface area contributed by atoms with Gasteiger partial charge >= 0.3 is 0 Å². The Morgan fingerprint density at radius 1 is 1.60 bits per heavy atom. The summed E-state index contributed by atoms with van der Waals surface area (Å²) in [7, 11) is 0. The molecule has 1 rings (SSSR count). The average molecular weight is 212 g/mol. The summed E-state index contributed by atoms with van der Waals surface area (Å²) in [5.41, 5.74) is 5.63. The van der Waals surface area contributed by atoms with Gasteiger partial charge in [0.15, 0.2) is 5.78 Å². The highest BCUT2D eigenvalue weighted by molar-refractivity contribution is 5.90. The lowest BCUT2D eigenvalue weighted by molar-refractivity contribution is -0.136. The van der Waals surface area contributed by atoms with Crippen molar-refractivity contribution in [2.24, 2.45) is 11.7 Å². The summed E-state index contributed by atoms with van der Waals surface area (Å²) >= 11 is 0. The van der Waals surface area contributed by atoms with E-state index in [4.69, 9.17) is 5.73 Å². The summed E-state index contributed by atoms with van der Waals surface area (Å²) < 4.78 is 0. The van der Waals surface area contributed by atoms with Gasteiger partial charge in [-0.05, 0) is 25.7 Å². The van der Waals surface area contributed by atoms with Crippen molar-refractivity contribution in [2.45, 2.75) is 45.7 Å². The van der Waals surface area contributed by atoms with E-state index in [0.717, 1.165) is 6.42 Å². The zero-order valence-electron chi connectivity index (χ0n) is 9.69. The molecule has 1 aliphatic rings. The normalized spacial score (nSPS) is 23.7. The van der Waals surface area contributed by atoms with Crippen molar-refractivity contribution in [1.82, 2.24) is 4.90 Å². The van der Waals surface area contributed by atoms with Gasteiger partial charge < -0.3 is 10.6 Å². The molecule has 2 atom stereocenters. The molecule has 1 heterocycles. The van der Waals surface area contributed by atoms with Crippen LogP contribution in [0, 0.1) is 5.92 Å². The lowest BCUT2D eigenvalue weighted by Gasteiger charge is -2.27. The maximum Gasteiger partial charge on any atom is 0.240 e. The van der Waals surface area contributed by atoms with E-state index in [-0.39, 0.29) is 17.7 Å². The van der Waals surface area contributed by atoms with Crippen LogP contribution in [0.25, 0.3) is 0 Å². The third-order valence-electron chi connectivity index (χ3n) is 2.82. The number of carbonyl (C=O) groups is 2. The van der Waals surface area contributed by atoms with Crippen LogP contribution < -0.4 is 5.73 Å². The fourth-order valence-corrected chi connectivity index (χ4v) is 1.99. The van der Waals surface area contributed by atoms with Gasteiger partial charge in [-0.25, -0.2) is 0 Å². The molecule has 0 bridgehead atoms. The monoisotopic (exact) mass is 212 g/mol. The second-order valence-corrected chi connectivity index (χ2v) is 4.68. The van der Waals surface area contributed by atoms with E-state index < -0.39 is 6.04 Å². The summed E-state index contributed by atoms with van der Waals surface area (Å²) in [5.74, 6) is 0.394. The zero-order valence-corrected chi connectivity index (χ0v) is 9.69. The number of hydrogen-bond donors (Lipinski definition) is 1. The SMILES string of the molecule is CC(=O)[C@H](CC(C)C)N1CC[C@@H](N)C1=O. The van der Waals surface area contributed by atoms with E-state index in [1.54, 1.807) is 11.8 Å².